The Morgan fingerprint density at radius 1 is 0.636 bits per heavy atom. The van der Waals surface area contributed by atoms with Gasteiger partial charge in [0.15, 0.2) is 0 Å². The van der Waals surface area contributed by atoms with Crippen LogP contribution < -0.4 is 0 Å². The summed E-state index contributed by atoms with van der Waals surface area (Å²) in [4.78, 5) is 8.23. The average Bonchev–Trinajstić information content (AvgIpc) is 2.48. The lowest BCUT2D eigenvalue weighted by molar-refractivity contribution is 1.27. The molecule has 0 radical (unpaired) electrons. The minimum absolute atomic E-state index is 0.854. The Labute approximate surface area is 162 Å². The van der Waals surface area contributed by atoms with Crippen LogP contribution in [0.5, 0.6) is 0 Å². The first kappa shape index (κ1) is 17.8. The molecule has 0 aliphatic rings. The van der Waals surface area contributed by atoms with E-state index in [0.29, 0.717) is 0 Å². The summed E-state index contributed by atoms with van der Waals surface area (Å²) in [6.07, 6.45) is 3.52. The summed E-state index contributed by atoms with van der Waals surface area (Å²) >= 11 is 13.4. The molecule has 0 bridgehead atoms. The van der Waals surface area contributed by atoms with Gasteiger partial charge in [-0.2, -0.15) is 0 Å². The molecule has 0 spiro atoms. The van der Waals surface area contributed by atoms with Gasteiger partial charge in [0.2, 0.25) is 0 Å². The third kappa shape index (κ3) is 5.91. The number of nitrogens with zero attached hydrogens (tertiary/aromatic N) is 2. The predicted molar refractivity (Wildman–Crippen MR) is 105 cm³/mol. The molecule has 6 heteroatoms. The van der Waals surface area contributed by atoms with Gasteiger partial charge in [0, 0.05) is 31.4 Å². The van der Waals surface area contributed by atoms with Gasteiger partial charge in [0.05, 0.1) is 5.69 Å². The summed E-state index contributed by atoms with van der Waals surface area (Å²) < 4.78 is 4.01. The summed E-state index contributed by atoms with van der Waals surface area (Å²) in [6.45, 7) is 0. The summed E-state index contributed by atoms with van der Waals surface area (Å²) in [5, 5.41) is 0. The van der Waals surface area contributed by atoms with Gasteiger partial charge < -0.3 is 0 Å². The summed E-state index contributed by atoms with van der Waals surface area (Å²) in [5.74, 6) is 0. The standard InChI is InChI=1S/C11H7Br2N.C5H3Br2N/c12-9-3-1-2-8(6-9)11-7-10(13)4-5-14-11;6-4-1-2-8-5(7)3-4/h1-7H;1-3H. The van der Waals surface area contributed by atoms with Crippen molar-refractivity contribution in [2.24, 2.45) is 0 Å². The zero-order valence-corrected chi connectivity index (χ0v) is 17.5. The maximum atomic E-state index is 4.30. The SMILES string of the molecule is Brc1cccc(-c2cc(Br)ccn2)c1.Brc1ccnc(Br)c1. The molecule has 2 aromatic heterocycles. The van der Waals surface area contributed by atoms with Gasteiger partial charge >= 0.3 is 0 Å². The Morgan fingerprint density at radius 3 is 1.82 bits per heavy atom. The van der Waals surface area contributed by atoms with Crippen LogP contribution in [0.3, 0.4) is 0 Å². The lowest BCUT2D eigenvalue weighted by atomic mass is 10.1. The molecule has 2 heterocycles. The van der Waals surface area contributed by atoms with Crippen molar-refractivity contribution in [1.82, 2.24) is 9.97 Å². The van der Waals surface area contributed by atoms with Gasteiger partial charge in [-0.1, -0.05) is 59.9 Å². The smallest absolute Gasteiger partial charge is 0.107 e. The van der Waals surface area contributed by atoms with E-state index >= 15 is 0 Å². The van der Waals surface area contributed by atoms with Crippen LogP contribution in [0, 0.1) is 0 Å². The van der Waals surface area contributed by atoms with E-state index in [1.807, 2.05) is 42.5 Å². The van der Waals surface area contributed by atoms with E-state index in [1.165, 1.54) is 0 Å². The second kappa shape index (κ2) is 8.91. The summed E-state index contributed by atoms with van der Waals surface area (Å²) in [7, 11) is 0. The summed E-state index contributed by atoms with van der Waals surface area (Å²) in [6, 6.07) is 15.8. The van der Waals surface area contributed by atoms with Gasteiger partial charge in [-0.3, -0.25) is 4.98 Å². The zero-order valence-electron chi connectivity index (χ0n) is 11.2. The molecule has 0 atom stereocenters. The number of hydrogen-bond donors (Lipinski definition) is 0. The topological polar surface area (TPSA) is 25.8 Å². The van der Waals surface area contributed by atoms with E-state index in [0.717, 1.165) is 29.3 Å². The summed E-state index contributed by atoms with van der Waals surface area (Å²) in [5.41, 5.74) is 2.08. The fourth-order valence-electron chi connectivity index (χ4n) is 1.59. The third-order valence-corrected chi connectivity index (χ3v) is 4.44. The second-order valence-electron chi connectivity index (χ2n) is 4.17. The number of halogens is 4. The van der Waals surface area contributed by atoms with Crippen LogP contribution in [0.4, 0.5) is 0 Å². The van der Waals surface area contributed by atoms with E-state index in [4.69, 9.17) is 0 Å². The Hall–Kier alpha value is -0.560. The molecule has 0 unspecified atom stereocenters. The van der Waals surface area contributed by atoms with Crippen LogP contribution in [-0.4, -0.2) is 9.97 Å². The van der Waals surface area contributed by atoms with Crippen molar-refractivity contribution in [1.29, 1.82) is 0 Å². The van der Waals surface area contributed by atoms with E-state index < -0.39 is 0 Å². The molecule has 3 rings (SSSR count). The van der Waals surface area contributed by atoms with Crippen LogP contribution >= 0.6 is 63.7 Å². The van der Waals surface area contributed by atoms with E-state index in [1.54, 1.807) is 12.4 Å². The molecule has 0 fully saturated rings. The highest BCUT2D eigenvalue weighted by atomic mass is 79.9. The lowest BCUT2D eigenvalue weighted by Crippen LogP contribution is -1.82. The van der Waals surface area contributed by atoms with Gasteiger partial charge in [-0.25, -0.2) is 4.98 Å². The van der Waals surface area contributed by atoms with Crippen LogP contribution in [-0.2, 0) is 0 Å². The van der Waals surface area contributed by atoms with E-state index in [9.17, 15) is 0 Å². The predicted octanol–water partition coefficient (Wildman–Crippen LogP) is 6.88. The maximum Gasteiger partial charge on any atom is 0.107 e. The highest BCUT2D eigenvalue weighted by Gasteiger charge is 1.99. The largest absolute Gasteiger partial charge is 0.256 e. The highest BCUT2D eigenvalue weighted by Crippen LogP contribution is 2.23. The molecule has 112 valence electrons. The van der Waals surface area contributed by atoms with Crippen LogP contribution in [0.2, 0.25) is 0 Å². The molecule has 2 nitrogen and oxygen atoms in total. The normalized spacial score (nSPS) is 9.82. The van der Waals surface area contributed by atoms with Crippen molar-refractivity contribution in [3.63, 3.8) is 0 Å². The fourth-order valence-corrected chi connectivity index (χ4v) is 3.33. The fraction of sp³-hybridized carbons (Fsp3) is 0. The monoisotopic (exact) mass is 546 g/mol. The second-order valence-corrected chi connectivity index (χ2v) is 7.73. The van der Waals surface area contributed by atoms with Crippen molar-refractivity contribution < 1.29 is 0 Å². The Morgan fingerprint density at radius 2 is 1.27 bits per heavy atom. The number of aromatic nitrogens is 2. The molecule has 0 amide bonds. The molecule has 0 aliphatic heterocycles. The van der Waals surface area contributed by atoms with Gasteiger partial charge in [-0.05, 0) is 52.3 Å². The van der Waals surface area contributed by atoms with Crippen LogP contribution in [0.25, 0.3) is 11.3 Å². The molecule has 1 aromatic carbocycles. The molecule has 0 aliphatic carbocycles. The lowest BCUT2D eigenvalue weighted by Gasteiger charge is -2.01. The van der Waals surface area contributed by atoms with E-state index in [2.05, 4.69) is 79.8 Å². The van der Waals surface area contributed by atoms with Crippen molar-refractivity contribution in [2.45, 2.75) is 0 Å². The van der Waals surface area contributed by atoms with Crippen molar-refractivity contribution in [2.75, 3.05) is 0 Å². The number of rotatable bonds is 1. The van der Waals surface area contributed by atoms with Crippen molar-refractivity contribution in [3.05, 3.63) is 78.9 Å². The minimum Gasteiger partial charge on any atom is -0.256 e. The molecular formula is C16H10Br4N2. The third-order valence-electron chi connectivity index (χ3n) is 2.53. The molecule has 0 saturated carbocycles. The Balaban J connectivity index is 0.000000188. The minimum atomic E-state index is 0.854. The van der Waals surface area contributed by atoms with Gasteiger partial charge in [0.1, 0.15) is 4.60 Å². The van der Waals surface area contributed by atoms with Crippen molar-refractivity contribution in [3.8, 4) is 11.3 Å². The van der Waals surface area contributed by atoms with Crippen LogP contribution in [0.1, 0.15) is 0 Å². The Kier molecular flexibility index (Phi) is 7.21. The zero-order chi connectivity index (χ0) is 15.9. The number of benzene rings is 1. The van der Waals surface area contributed by atoms with Gasteiger partial charge in [0.25, 0.3) is 0 Å². The first-order valence-corrected chi connectivity index (χ1v) is 9.36. The van der Waals surface area contributed by atoms with Gasteiger partial charge in [-0.15, -0.1) is 0 Å². The highest BCUT2D eigenvalue weighted by molar-refractivity contribution is 9.11. The maximum absolute atomic E-state index is 4.30. The quantitative estimate of drug-likeness (QED) is 0.309. The van der Waals surface area contributed by atoms with E-state index in [-0.39, 0.29) is 0 Å². The number of hydrogen-bond acceptors (Lipinski definition) is 2. The molecule has 3 aromatic rings. The molecule has 0 saturated heterocycles. The molecular weight excluding hydrogens is 540 g/mol. The molecule has 0 N–H and O–H groups in total. The molecule has 22 heavy (non-hydrogen) atoms. The first-order valence-electron chi connectivity index (χ1n) is 6.19. The van der Waals surface area contributed by atoms with Crippen molar-refractivity contribution >= 4 is 63.7 Å². The average molecular weight is 550 g/mol. The van der Waals surface area contributed by atoms with Crippen LogP contribution in [0.15, 0.2) is 78.9 Å². The Bertz CT molecular complexity index is 702. The first-order chi connectivity index (χ1) is 10.5. The number of pyridine rings is 2.